The number of fused-ring (bicyclic) bond motifs is 3. The highest BCUT2D eigenvalue weighted by atomic mass is 16.3. The molecule has 3 aromatic rings. The van der Waals surface area contributed by atoms with Gasteiger partial charge < -0.3 is 14.6 Å². The van der Waals surface area contributed by atoms with Crippen molar-refractivity contribution in [2.75, 3.05) is 18.0 Å². The Kier molecular flexibility index (Phi) is 3.36. The van der Waals surface area contributed by atoms with Crippen LogP contribution in [-0.4, -0.2) is 35.0 Å². The van der Waals surface area contributed by atoms with Gasteiger partial charge in [-0.05, 0) is 31.4 Å². The van der Waals surface area contributed by atoms with Crippen LogP contribution in [0.1, 0.15) is 25.7 Å². The number of nitrogens with zero attached hydrogens (tertiary/aromatic N) is 3. The first kappa shape index (κ1) is 14.7. The van der Waals surface area contributed by atoms with E-state index >= 15 is 0 Å². The number of nitrogens with one attached hydrogen (secondary N) is 1. The van der Waals surface area contributed by atoms with E-state index in [9.17, 15) is 4.79 Å². The van der Waals surface area contributed by atoms with Gasteiger partial charge in [0.1, 0.15) is 17.4 Å². The maximum atomic E-state index is 11.7. The van der Waals surface area contributed by atoms with Crippen molar-refractivity contribution in [1.82, 2.24) is 15.3 Å². The zero-order chi connectivity index (χ0) is 16.8. The van der Waals surface area contributed by atoms with Gasteiger partial charge in [-0.1, -0.05) is 12.1 Å². The topological polar surface area (TPSA) is 71.3 Å². The first-order chi connectivity index (χ1) is 12.3. The molecule has 0 spiro atoms. The Balaban J connectivity index is 1.62. The van der Waals surface area contributed by atoms with Crippen LogP contribution in [0.25, 0.3) is 22.1 Å². The minimum Gasteiger partial charge on any atom is -0.450 e. The third-order valence-corrected chi connectivity index (χ3v) is 5.51. The van der Waals surface area contributed by atoms with Crippen LogP contribution in [0.5, 0.6) is 0 Å². The monoisotopic (exact) mass is 336 g/mol. The predicted octanol–water partition coefficient (Wildman–Crippen LogP) is 2.87. The zero-order valence-corrected chi connectivity index (χ0v) is 13.9. The maximum Gasteiger partial charge on any atom is 0.220 e. The van der Waals surface area contributed by atoms with E-state index in [0.717, 1.165) is 53.8 Å². The quantitative estimate of drug-likeness (QED) is 0.779. The number of amides is 1. The minimum absolute atomic E-state index is 0.159. The second-order valence-electron chi connectivity index (χ2n) is 7.00. The summed E-state index contributed by atoms with van der Waals surface area (Å²) < 4.78 is 6.12. The average molecular weight is 336 g/mol. The van der Waals surface area contributed by atoms with E-state index in [0.29, 0.717) is 18.4 Å². The first-order valence-corrected chi connectivity index (χ1v) is 8.97. The Labute approximate surface area is 145 Å². The van der Waals surface area contributed by atoms with Gasteiger partial charge in [0, 0.05) is 36.9 Å². The number of piperidine rings is 1. The summed E-state index contributed by atoms with van der Waals surface area (Å²) in [6.07, 6.45) is 5.65. The van der Waals surface area contributed by atoms with Gasteiger partial charge in [0.05, 0.1) is 0 Å². The van der Waals surface area contributed by atoms with Crippen molar-refractivity contribution in [2.24, 2.45) is 5.92 Å². The number of rotatable bonds is 2. The van der Waals surface area contributed by atoms with Gasteiger partial charge in [-0.3, -0.25) is 4.79 Å². The lowest BCUT2D eigenvalue weighted by atomic mass is 9.89. The second kappa shape index (κ2) is 5.72. The Morgan fingerprint density at radius 3 is 3.00 bits per heavy atom. The lowest BCUT2D eigenvalue weighted by molar-refractivity contribution is -0.119. The number of para-hydroxylation sites is 1. The molecule has 0 bridgehead atoms. The molecule has 0 saturated carbocycles. The van der Waals surface area contributed by atoms with Crippen LogP contribution in [-0.2, 0) is 4.79 Å². The van der Waals surface area contributed by atoms with Gasteiger partial charge in [-0.2, -0.15) is 0 Å². The number of anilines is 1. The van der Waals surface area contributed by atoms with Crippen LogP contribution in [0, 0.1) is 5.92 Å². The molecule has 0 unspecified atom stereocenters. The minimum atomic E-state index is 0.159. The van der Waals surface area contributed by atoms with Gasteiger partial charge in [0.15, 0.2) is 11.4 Å². The lowest BCUT2D eigenvalue weighted by Crippen LogP contribution is -2.45. The van der Waals surface area contributed by atoms with E-state index < -0.39 is 0 Å². The molecule has 1 aromatic carbocycles. The summed E-state index contributed by atoms with van der Waals surface area (Å²) in [6, 6.07) is 8.29. The fraction of sp³-hybridized carbons (Fsp3) is 0.421. The molecule has 1 amide bonds. The molecule has 1 N–H and O–H groups in total. The molecule has 4 heterocycles. The molecule has 2 aliphatic rings. The van der Waals surface area contributed by atoms with E-state index in [1.165, 1.54) is 6.42 Å². The molecule has 2 aliphatic heterocycles. The summed E-state index contributed by atoms with van der Waals surface area (Å²) in [4.78, 5) is 23.1. The highest BCUT2D eigenvalue weighted by Gasteiger charge is 2.36. The van der Waals surface area contributed by atoms with Crippen molar-refractivity contribution in [3.05, 3.63) is 30.6 Å². The van der Waals surface area contributed by atoms with Crippen LogP contribution in [0.4, 0.5) is 5.82 Å². The van der Waals surface area contributed by atoms with Gasteiger partial charge in [0.2, 0.25) is 5.91 Å². The molecule has 0 aliphatic carbocycles. The van der Waals surface area contributed by atoms with E-state index in [1.807, 2.05) is 24.3 Å². The normalized spacial score (nSPS) is 24.2. The number of carbonyl (C=O) groups is 1. The van der Waals surface area contributed by atoms with Crippen molar-refractivity contribution < 1.29 is 9.21 Å². The number of hydrogen-bond acceptors (Lipinski definition) is 5. The van der Waals surface area contributed by atoms with Crippen molar-refractivity contribution in [3.63, 3.8) is 0 Å². The van der Waals surface area contributed by atoms with Gasteiger partial charge in [-0.15, -0.1) is 0 Å². The van der Waals surface area contributed by atoms with Crippen LogP contribution in [0.3, 0.4) is 0 Å². The summed E-state index contributed by atoms with van der Waals surface area (Å²) in [7, 11) is 0. The summed E-state index contributed by atoms with van der Waals surface area (Å²) >= 11 is 0. The number of hydrogen-bond donors (Lipinski definition) is 1. The van der Waals surface area contributed by atoms with E-state index in [4.69, 9.17) is 4.42 Å². The summed E-state index contributed by atoms with van der Waals surface area (Å²) in [5.41, 5.74) is 2.46. The smallest absolute Gasteiger partial charge is 0.220 e. The van der Waals surface area contributed by atoms with Crippen LogP contribution in [0.15, 0.2) is 35.0 Å². The van der Waals surface area contributed by atoms with Crippen molar-refractivity contribution in [2.45, 2.75) is 31.7 Å². The van der Waals surface area contributed by atoms with Crippen LogP contribution in [0.2, 0.25) is 0 Å². The summed E-state index contributed by atoms with van der Waals surface area (Å²) in [5.74, 6) is 1.36. The average Bonchev–Trinajstić information content (AvgIpc) is 3.25. The third kappa shape index (κ3) is 2.35. The standard InChI is InChI=1S/C19H20N4O2/c24-16-9-12(10-20-16)14-6-3-4-8-23(14)19-18-17(21-11-22-19)13-5-1-2-7-15(13)25-18/h1-2,5,7,11-12,14H,3-4,6,8-10H2,(H,20,24)/t12-,14+/m0/s1. The van der Waals surface area contributed by atoms with Crippen molar-refractivity contribution >= 4 is 33.8 Å². The number of aromatic nitrogens is 2. The molecule has 0 radical (unpaired) electrons. The molecule has 2 saturated heterocycles. The molecule has 6 nitrogen and oxygen atoms in total. The first-order valence-electron chi connectivity index (χ1n) is 8.97. The highest BCUT2D eigenvalue weighted by Crippen LogP contribution is 2.37. The number of carbonyl (C=O) groups excluding carboxylic acids is 1. The Bertz CT molecular complexity index is 951. The van der Waals surface area contributed by atoms with E-state index in [-0.39, 0.29) is 5.91 Å². The molecule has 6 heteroatoms. The van der Waals surface area contributed by atoms with Crippen molar-refractivity contribution in [3.8, 4) is 0 Å². The number of furan rings is 1. The Morgan fingerprint density at radius 1 is 1.20 bits per heavy atom. The molecule has 25 heavy (non-hydrogen) atoms. The largest absolute Gasteiger partial charge is 0.450 e. The van der Waals surface area contributed by atoms with Gasteiger partial charge in [-0.25, -0.2) is 9.97 Å². The van der Waals surface area contributed by atoms with Crippen LogP contribution < -0.4 is 10.2 Å². The summed E-state index contributed by atoms with van der Waals surface area (Å²) in [5, 5.41) is 4.00. The molecule has 2 aromatic heterocycles. The second-order valence-corrected chi connectivity index (χ2v) is 7.00. The molecule has 2 atom stereocenters. The van der Waals surface area contributed by atoms with Crippen LogP contribution >= 0.6 is 0 Å². The number of benzene rings is 1. The SMILES string of the molecule is O=C1C[C@H]([C@H]2CCCCN2c2ncnc3c2oc2ccccc23)CN1. The lowest BCUT2D eigenvalue weighted by Gasteiger charge is -2.39. The van der Waals surface area contributed by atoms with Gasteiger partial charge >= 0.3 is 0 Å². The molecular weight excluding hydrogens is 316 g/mol. The van der Waals surface area contributed by atoms with E-state index in [1.54, 1.807) is 6.33 Å². The van der Waals surface area contributed by atoms with E-state index in [2.05, 4.69) is 20.2 Å². The Hall–Kier alpha value is -2.63. The van der Waals surface area contributed by atoms with Gasteiger partial charge in [0.25, 0.3) is 0 Å². The Morgan fingerprint density at radius 2 is 2.12 bits per heavy atom. The maximum absolute atomic E-state index is 11.7. The fourth-order valence-electron chi connectivity index (χ4n) is 4.33. The predicted molar refractivity (Wildman–Crippen MR) is 95.4 cm³/mol. The molecule has 5 rings (SSSR count). The zero-order valence-electron chi connectivity index (χ0n) is 13.9. The molecule has 128 valence electrons. The molecular formula is C19H20N4O2. The van der Waals surface area contributed by atoms with Crippen molar-refractivity contribution in [1.29, 1.82) is 0 Å². The highest BCUT2D eigenvalue weighted by molar-refractivity contribution is 6.05. The fourth-order valence-corrected chi connectivity index (χ4v) is 4.33. The molecule has 2 fully saturated rings. The summed E-state index contributed by atoms with van der Waals surface area (Å²) in [6.45, 7) is 1.70. The third-order valence-electron chi connectivity index (χ3n) is 5.51.